The lowest BCUT2D eigenvalue weighted by Crippen LogP contribution is -2.44. The number of rotatable bonds is 2. The predicted molar refractivity (Wildman–Crippen MR) is 77.2 cm³/mol. The molecule has 20 heavy (non-hydrogen) atoms. The third kappa shape index (κ3) is 2.56. The van der Waals surface area contributed by atoms with Crippen LogP contribution in [0.25, 0.3) is 10.9 Å². The second-order valence-corrected chi connectivity index (χ2v) is 7.37. The normalized spacial score (nSPS) is 18.3. The van der Waals surface area contributed by atoms with Gasteiger partial charge in [-0.15, -0.1) is 0 Å². The van der Waals surface area contributed by atoms with Gasteiger partial charge in [0.05, 0.1) is 17.9 Å². The Morgan fingerprint density at radius 3 is 2.65 bits per heavy atom. The van der Waals surface area contributed by atoms with Crippen LogP contribution in [-0.4, -0.2) is 48.8 Å². The van der Waals surface area contributed by atoms with Gasteiger partial charge in [0.15, 0.2) is 9.84 Å². The zero-order chi connectivity index (χ0) is 14.2. The molecule has 2 aromatic rings. The molecule has 0 saturated carbocycles. The highest BCUT2D eigenvalue weighted by Gasteiger charge is 2.25. The third-order valence-corrected chi connectivity index (χ3v) is 5.32. The molecule has 0 atom stereocenters. The van der Waals surface area contributed by atoms with Gasteiger partial charge in [-0.25, -0.2) is 8.42 Å². The molecule has 5 nitrogen and oxygen atoms in total. The second-order valence-electron chi connectivity index (χ2n) is 5.07. The minimum atomic E-state index is -2.95. The molecule has 106 valence electrons. The Kier molecular flexibility index (Phi) is 3.25. The summed E-state index contributed by atoms with van der Waals surface area (Å²) in [5, 5.41) is 1.05. The van der Waals surface area contributed by atoms with E-state index in [0.717, 1.165) is 16.5 Å². The average molecular weight is 292 g/mol. The Labute approximate surface area is 117 Å². The lowest BCUT2D eigenvalue weighted by atomic mass is 10.1. The van der Waals surface area contributed by atoms with Gasteiger partial charge in [-0.05, 0) is 11.6 Å². The number of hydrogen-bond donors (Lipinski definition) is 1. The van der Waals surface area contributed by atoms with Crippen molar-refractivity contribution < 1.29 is 13.2 Å². The van der Waals surface area contributed by atoms with E-state index in [1.54, 1.807) is 4.90 Å². The molecule has 6 heteroatoms. The summed E-state index contributed by atoms with van der Waals surface area (Å²) in [4.78, 5) is 17.0. The van der Waals surface area contributed by atoms with Crippen LogP contribution in [-0.2, 0) is 21.1 Å². The van der Waals surface area contributed by atoms with Gasteiger partial charge in [-0.2, -0.15) is 0 Å². The van der Waals surface area contributed by atoms with Crippen LogP contribution < -0.4 is 0 Å². The number of sulfone groups is 1. The van der Waals surface area contributed by atoms with Gasteiger partial charge in [0, 0.05) is 30.2 Å². The topological polar surface area (TPSA) is 70.2 Å². The van der Waals surface area contributed by atoms with Gasteiger partial charge in [0.1, 0.15) is 0 Å². The number of H-pyrrole nitrogens is 1. The smallest absolute Gasteiger partial charge is 0.227 e. The van der Waals surface area contributed by atoms with Crippen LogP contribution in [0.15, 0.2) is 30.5 Å². The zero-order valence-electron chi connectivity index (χ0n) is 11.0. The average Bonchev–Trinajstić information content (AvgIpc) is 2.82. The molecule has 1 N–H and O–H groups in total. The first kappa shape index (κ1) is 13.2. The van der Waals surface area contributed by atoms with Crippen LogP contribution in [0.5, 0.6) is 0 Å². The summed E-state index contributed by atoms with van der Waals surface area (Å²) < 4.78 is 22.7. The van der Waals surface area contributed by atoms with Gasteiger partial charge in [0.2, 0.25) is 5.91 Å². The first-order valence-electron chi connectivity index (χ1n) is 6.58. The van der Waals surface area contributed by atoms with Crippen molar-refractivity contribution in [3.63, 3.8) is 0 Å². The molecule has 1 fully saturated rings. The summed E-state index contributed by atoms with van der Waals surface area (Å²) in [5.74, 6) is 0.142. The SMILES string of the molecule is O=C(Cc1c[nH]c2ccccc12)N1CCS(=O)(=O)CC1. The molecule has 1 amide bonds. The Balaban J connectivity index is 1.73. The number of nitrogens with zero attached hydrogens (tertiary/aromatic N) is 1. The number of carbonyl (C=O) groups is 1. The molecule has 1 aromatic heterocycles. The number of hydrogen-bond acceptors (Lipinski definition) is 3. The van der Waals surface area contributed by atoms with Crippen LogP contribution in [0.1, 0.15) is 5.56 Å². The molecule has 3 rings (SSSR count). The number of amides is 1. The minimum absolute atomic E-state index is 0.00958. The fourth-order valence-corrected chi connectivity index (χ4v) is 3.72. The number of aromatic nitrogens is 1. The van der Waals surface area contributed by atoms with Crippen molar-refractivity contribution >= 4 is 26.6 Å². The molecule has 1 aliphatic heterocycles. The van der Waals surface area contributed by atoms with Crippen LogP contribution in [0.4, 0.5) is 0 Å². The summed E-state index contributed by atoms with van der Waals surface area (Å²) in [7, 11) is -2.95. The summed E-state index contributed by atoms with van der Waals surface area (Å²) in [6.07, 6.45) is 2.16. The van der Waals surface area contributed by atoms with Gasteiger partial charge in [-0.3, -0.25) is 4.79 Å². The Bertz CT molecular complexity index is 735. The standard InChI is InChI=1S/C14H16N2O3S/c17-14(16-5-7-20(18,19)8-6-16)9-11-10-15-13-4-2-1-3-12(11)13/h1-4,10,15H,5-9H2. The molecular weight excluding hydrogens is 276 g/mol. The van der Waals surface area contributed by atoms with E-state index in [-0.39, 0.29) is 17.4 Å². The van der Waals surface area contributed by atoms with Crippen molar-refractivity contribution in [3.8, 4) is 0 Å². The number of carbonyl (C=O) groups excluding carboxylic acids is 1. The van der Waals surface area contributed by atoms with Gasteiger partial charge in [0.25, 0.3) is 0 Å². The largest absolute Gasteiger partial charge is 0.361 e. The van der Waals surface area contributed by atoms with E-state index in [9.17, 15) is 13.2 Å². The number of benzene rings is 1. The van der Waals surface area contributed by atoms with Crippen molar-refractivity contribution in [2.75, 3.05) is 24.6 Å². The maximum absolute atomic E-state index is 12.2. The maximum atomic E-state index is 12.2. The van der Waals surface area contributed by atoms with Gasteiger partial charge < -0.3 is 9.88 Å². The quantitative estimate of drug-likeness (QED) is 0.896. The fourth-order valence-electron chi connectivity index (χ4n) is 2.51. The van der Waals surface area contributed by atoms with Crippen LogP contribution in [0, 0.1) is 0 Å². The number of aromatic amines is 1. The first-order valence-corrected chi connectivity index (χ1v) is 8.40. The van der Waals surface area contributed by atoms with E-state index in [1.165, 1.54) is 0 Å². The molecule has 2 heterocycles. The Morgan fingerprint density at radius 1 is 1.20 bits per heavy atom. The van der Waals surface area contributed by atoms with E-state index in [0.29, 0.717) is 19.5 Å². The van der Waals surface area contributed by atoms with Crippen LogP contribution in [0.2, 0.25) is 0 Å². The van der Waals surface area contributed by atoms with E-state index in [2.05, 4.69) is 4.98 Å². The number of nitrogens with one attached hydrogen (secondary N) is 1. The summed E-state index contributed by atoms with van der Waals surface area (Å²) in [6, 6.07) is 7.84. The number of para-hydroxylation sites is 1. The van der Waals surface area contributed by atoms with Crippen LogP contribution in [0.3, 0.4) is 0 Å². The molecule has 0 bridgehead atoms. The van der Waals surface area contributed by atoms with Crippen molar-refractivity contribution in [1.82, 2.24) is 9.88 Å². The van der Waals surface area contributed by atoms with Crippen LogP contribution >= 0.6 is 0 Å². The van der Waals surface area contributed by atoms with E-state index < -0.39 is 9.84 Å². The van der Waals surface area contributed by atoms with Gasteiger partial charge >= 0.3 is 0 Å². The van der Waals surface area contributed by atoms with Gasteiger partial charge in [-0.1, -0.05) is 18.2 Å². The zero-order valence-corrected chi connectivity index (χ0v) is 11.8. The molecular formula is C14H16N2O3S. The molecule has 0 unspecified atom stereocenters. The predicted octanol–water partition coefficient (Wildman–Crippen LogP) is 0.967. The fraction of sp³-hybridized carbons (Fsp3) is 0.357. The second kappa shape index (κ2) is 4.94. The van der Waals surface area contributed by atoms with Crippen molar-refractivity contribution in [2.45, 2.75) is 6.42 Å². The summed E-state index contributed by atoms with van der Waals surface area (Å²) in [5.41, 5.74) is 1.97. The number of fused-ring (bicyclic) bond motifs is 1. The Hall–Kier alpha value is -1.82. The minimum Gasteiger partial charge on any atom is -0.361 e. The maximum Gasteiger partial charge on any atom is 0.227 e. The highest BCUT2D eigenvalue weighted by molar-refractivity contribution is 7.91. The highest BCUT2D eigenvalue weighted by Crippen LogP contribution is 2.19. The highest BCUT2D eigenvalue weighted by atomic mass is 32.2. The van der Waals surface area contributed by atoms with Crippen molar-refractivity contribution in [3.05, 3.63) is 36.0 Å². The lowest BCUT2D eigenvalue weighted by molar-refractivity contribution is -0.130. The molecule has 1 aliphatic rings. The van der Waals surface area contributed by atoms with E-state index >= 15 is 0 Å². The molecule has 1 saturated heterocycles. The molecule has 1 aromatic carbocycles. The van der Waals surface area contributed by atoms with Crippen molar-refractivity contribution in [1.29, 1.82) is 0 Å². The summed E-state index contributed by atoms with van der Waals surface area (Å²) in [6.45, 7) is 0.618. The lowest BCUT2D eigenvalue weighted by Gasteiger charge is -2.26. The monoisotopic (exact) mass is 292 g/mol. The summed E-state index contributed by atoms with van der Waals surface area (Å²) >= 11 is 0. The Morgan fingerprint density at radius 2 is 1.90 bits per heavy atom. The van der Waals surface area contributed by atoms with E-state index in [4.69, 9.17) is 0 Å². The molecule has 0 aliphatic carbocycles. The first-order chi connectivity index (χ1) is 9.55. The molecule has 0 radical (unpaired) electrons. The third-order valence-electron chi connectivity index (χ3n) is 3.71. The van der Waals surface area contributed by atoms with Crippen molar-refractivity contribution in [2.24, 2.45) is 0 Å². The van der Waals surface area contributed by atoms with E-state index in [1.807, 2.05) is 30.5 Å². The molecule has 0 spiro atoms.